The van der Waals surface area contributed by atoms with Gasteiger partial charge in [-0.2, -0.15) is 0 Å². The van der Waals surface area contributed by atoms with Crippen LogP contribution in [0.4, 0.5) is 0 Å². The lowest BCUT2D eigenvalue weighted by Crippen LogP contribution is -2.04. The van der Waals surface area contributed by atoms with E-state index in [1.54, 1.807) is 5.56 Å². The molecule has 1 aliphatic rings. The van der Waals surface area contributed by atoms with Gasteiger partial charge in [-0.05, 0) is 42.0 Å². The SMILES string of the molecule is Cc1ccc2ccc(C3CCCCC3)cc2c1.N. The summed E-state index contributed by atoms with van der Waals surface area (Å²) in [4.78, 5) is 0. The predicted molar refractivity (Wildman–Crippen MR) is 79.5 cm³/mol. The molecule has 0 atom stereocenters. The predicted octanol–water partition coefficient (Wildman–Crippen LogP) is 5.36. The van der Waals surface area contributed by atoms with Crippen LogP contribution in [-0.4, -0.2) is 0 Å². The molecule has 1 nitrogen and oxygen atoms in total. The maximum atomic E-state index is 2.42. The van der Waals surface area contributed by atoms with Gasteiger partial charge in [0.1, 0.15) is 0 Å². The van der Waals surface area contributed by atoms with Crippen LogP contribution in [0.15, 0.2) is 36.4 Å². The Morgan fingerprint density at radius 2 is 1.56 bits per heavy atom. The largest absolute Gasteiger partial charge is 0.344 e. The molecule has 2 aromatic carbocycles. The zero-order valence-corrected chi connectivity index (χ0v) is 11.3. The van der Waals surface area contributed by atoms with Crippen molar-refractivity contribution in [3.63, 3.8) is 0 Å². The smallest absolute Gasteiger partial charge is 0.0162 e. The molecule has 0 bridgehead atoms. The number of fused-ring (bicyclic) bond motifs is 1. The van der Waals surface area contributed by atoms with E-state index in [2.05, 4.69) is 43.3 Å². The summed E-state index contributed by atoms with van der Waals surface area (Å²) in [6, 6.07) is 13.8. The molecule has 1 aliphatic carbocycles. The molecule has 0 aliphatic heterocycles. The molecule has 3 rings (SSSR count). The molecule has 18 heavy (non-hydrogen) atoms. The Hall–Kier alpha value is -1.34. The molecule has 1 fully saturated rings. The van der Waals surface area contributed by atoms with E-state index in [9.17, 15) is 0 Å². The second kappa shape index (κ2) is 5.53. The number of rotatable bonds is 1. The summed E-state index contributed by atoms with van der Waals surface area (Å²) in [6.07, 6.45) is 7.03. The van der Waals surface area contributed by atoms with Gasteiger partial charge in [-0.1, -0.05) is 61.2 Å². The van der Waals surface area contributed by atoms with E-state index in [1.807, 2.05) is 0 Å². The monoisotopic (exact) mass is 241 g/mol. The van der Waals surface area contributed by atoms with Crippen molar-refractivity contribution in [2.24, 2.45) is 0 Å². The second-order valence-electron chi connectivity index (χ2n) is 5.44. The molecule has 1 saturated carbocycles. The van der Waals surface area contributed by atoms with Crippen LogP contribution < -0.4 is 6.15 Å². The fraction of sp³-hybridized carbons (Fsp3) is 0.412. The van der Waals surface area contributed by atoms with Crippen LogP contribution in [0.5, 0.6) is 0 Å². The van der Waals surface area contributed by atoms with Crippen LogP contribution in [0.2, 0.25) is 0 Å². The van der Waals surface area contributed by atoms with E-state index < -0.39 is 0 Å². The van der Waals surface area contributed by atoms with Crippen LogP contribution in [0.3, 0.4) is 0 Å². The van der Waals surface area contributed by atoms with Gasteiger partial charge >= 0.3 is 0 Å². The van der Waals surface area contributed by atoms with Gasteiger partial charge in [-0.25, -0.2) is 0 Å². The Labute approximate surface area is 110 Å². The number of aryl methyl sites for hydroxylation is 1. The van der Waals surface area contributed by atoms with Gasteiger partial charge in [0, 0.05) is 0 Å². The maximum Gasteiger partial charge on any atom is -0.0162 e. The summed E-state index contributed by atoms with van der Waals surface area (Å²) in [5.74, 6) is 0.814. The Morgan fingerprint density at radius 3 is 2.33 bits per heavy atom. The third-order valence-electron chi connectivity index (χ3n) is 4.10. The van der Waals surface area contributed by atoms with Crippen molar-refractivity contribution in [2.45, 2.75) is 44.9 Å². The normalized spacial score (nSPS) is 16.5. The molecule has 96 valence electrons. The van der Waals surface area contributed by atoms with Crippen molar-refractivity contribution in [3.8, 4) is 0 Å². The average molecular weight is 241 g/mol. The van der Waals surface area contributed by atoms with Gasteiger partial charge in [0.25, 0.3) is 0 Å². The molecule has 2 aromatic rings. The molecule has 0 unspecified atom stereocenters. The van der Waals surface area contributed by atoms with Crippen LogP contribution in [0.25, 0.3) is 10.8 Å². The fourth-order valence-electron chi connectivity index (χ4n) is 3.07. The number of benzene rings is 2. The second-order valence-corrected chi connectivity index (χ2v) is 5.44. The van der Waals surface area contributed by atoms with E-state index in [0.717, 1.165) is 5.92 Å². The highest BCUT2D eigenvalue weighted by Crippen LogP contribution is 2.33. The van der Waals surface area contributed by atoms with Crippen LogP contribution >= 0.6 is 0 Å². The van der Waals surface area contributed by atoms with E-state index in [0.29, 0.717) is 0 Å². The summed E-state index contributed by atoms with van der Waals surface area (Å²) in [5.41, 5.74) is 2.92. The lowest BCUT2D eigenvalue weighted by Gasteiger charge is -2.22. The van der Waals surface area contributed by atoms with Crippen LogP contribution in [0.1, 0.15) is 49.1 Å². The van der Waals surface area contributed by atoms with Crippen LogP contribution in [0, 0.1) is 6.92 Å². The lowest BCUT2D eigenvalue weighted by atomic mass is 9.83. The van der Waals surface area contributed by atoms with Crippen molar-refractivity contribution in [2.75, 3.05) is 0 Å². The molecule has 0 amide bonds. The van der Waals surface area contributed by atoms with E-state index in [-0.39, 0.29) is 6.15 Å². The molecule has 0 spiro atoms. The van der Waals surface area contributed by atoms with Gasteiger partial charge in [-0.3, -0.25) is 0 Å². The summed E-state index contributed by atoms with van der Waals surface area (Å²) < 4.78 is 0. The summed E-state index contributed by atoms with van der Waals surface area (Å²) in [5, 5.41) is 2.78. The topological polar surface area (TPSA) is 35.0 Å². The number of hydrogen-bond donors (Lipinski definition) is 1. The first kappa shape index (κ1) is 13.1. The summed E-state index contributed by atoms with van der Waals surface area (Å²) in [7, 11) is 0. The molecule has 1 heteroatoms. The van der Waals surface area contributed by atoms with Gasteiger partial charge in [-0.15, -0.1) is 0 Å². The van der Waals surface area contributed by atoms with E-state index in [4.69, 9.17) is 0 Å². The Morgan fingerprint density at radius 1 is 0.833 bits per heavy atom. The zero-order chi connectivity index (χ0) is 11.7. The highest BCUT2D eigenvalue weighted by molar-refractivity contribution is 5.83. The van der Waals surface area contributed by atoms with Gasteiger partial charge < -0.3 is 6.15 Å². The molecular weight excluding hydrogens is 218 g/mol. The molecular formula is C17H23N. The van der Waals surface area contributed by atoms with Gasteiger partial charge in [0.15, 0.2) is 0 Å². The minimum Gasteiger partial charge on any atom is -0.344 e. The minimum absolute atomic E-state index is 0. The van der Waals surface area contributed by atoms with E-state index >= 15 is 0 Å². The lowest BCUT2D eigenvalue weighted by molar-refractivity contribution is 0.444. The third kappa shape index (κ3) is 2.56. The molecule has 0 saturated heterocycles. The third-order valence-corrected chi connectivity index (χ3v) is 4.10. The molecule has 0 aromatic heterocycles. The summed E-state index contributed by atoms with van der Waals surface area (Å²) >= 11 is 0. The quantitative estimate of drug-likeness (QED) is 0.716. The van der Waals surface area contributed by atoms with Crippen LogP contribution in [-0.2, 0) is 0 Å². The fourth-order valence-corrected chi connectivity index (χ4v) is 3.07. The van der Waals surface area contributed by atoms with E-state index in [1.165, 1.54) is 48.4 Å². The highest BCUT2D eigenvalue weighted by Gasteiger charge is 2.15. The first-order chi connectivity index (χ1) is 8.33. The van der Waals surface area contributed by atoms with Gasteiger partial charge in [0.2, 0.25) is 0 Å². The van der Waals surface area contributed by atoms with Crippen molar-refractivity contribution in [1.82, 2.24) is 6.15 Å². The first-order valence-corrected chi connectivity index (χ1v) is 6.83. The highest BCUT2D eigenvalue weighted by atomic mass is 14.2. The van der Waals surface area contributed by atoms with Crippen molar-refractivity contribution >= 4 is 10.8 Å². The zero-order valence-electron chi connectivity index (χ0n) is 11.3. The summed E-state index contributed by atoms with van der Waals surface area (Å²) in [6.45, 7) is 2.17. The van der Waals surface area contributed by atoms with Crippen molar-refractivity contribution in [3.05, 3.63) is 47.5 Å². The minimum atomic E-state index is 0. The average Bonchev–Trinajstić information content (AvgIpc) is 2.39. The molecule has 0 heterocycles. The molecule has 0 radical (unpaired) electrons. The Balaban J connectivity index is 0.00000120. The molecule has 3 N–H and O–H groups in total. The maximum absolute atomic E-state index is 2.42. The Kier molecular flexibility index (Phi) is 4.03. The number of hydrogen-bond acceptors (Lipinski definition) is 1. The standard InChI is InChI=1S/C17H20.H3N/c1-13-7-8-15-9-10-16(12-17(15)11-13)14-5-3-2-4-6-14;/h7-12,14H,2-6H2,1H3;1H3. The van der Waals surface area contributed by atoms with Crippen molar-refractivity contribution in [1.29, 1.82) is 0 Å². The Bertz CT molecular complexity index is 524. The van der Waals surface area contributed by atoms with Crippen molar-refractivity contribution < 1.29 is 0 Å². The first-order valence-electron chi connectivity index (χ1n) is 6.83. The van der Waals surface area contributed by atoms with Gasteiger partial charge in [0.05, 0.1) is 0 Å².